The zero-order valence-electron chi connectivity index (χ0n) is 20.0. The third-order valence-corrected chi connectivity index (χ3v) is 6.45. The van der Waals surface area contributed by atoms with Crippen LogP contribution in [0.1, 0.15) is 40.3 Å². The summed E-state index contributed by atoms with van der Waals surface area (Å²) >= 11 is 1.34. The number of anilines is 1. The fourth-order valence-corrected chi connectivity index (χ4v) is 4.50. The maximum atomic E-state index is 13.1. The second kappa shape index (κ2) is 10.5. The van der Waals surface area contributed by atoms with Crippen LogP contribution in [0, 0.1) is 0 Å². The van der Waals surface area contributed by atoms with E-state index < -0.39 is 29.2 Å². The molecule has 0 radical (unpaired) electrons. The number of carbonyl (C=O) groups is 2. The Bertz CT molecular complexity index is 1390. The molecule has 4 aromatic rings. The summed E-state index contributed by atoms with van der Waals surface area (Å²) in [6.45, 7) is 2.99. The minimum atomic E-state index is -4.61. The normalized spacial score (nSPS) is 11.7. The van der Waals surface area contributed by atoms with E-state index in [0.717, 1.165) is 40.0 Å². The second-order valence-corrected chi connectivity index (χ2v) is 9.87. The monoisotopic (exact) mass is 524 g/mol. The van der Waals surface area contributed by atoms with E-state index in [1.807, 2.05) is 60.7 Å². The zero-order valence-corrected chi connectivity index (χ0v) is 20.8. The van der Waals surface area contributed by atoms with Gasteiger partial charge in [-0.15, -0.1) is 11.3 Å². The van der Waals surface area contributed by atoms with Gasteiger partial charge in [-0.2, -0.15) is 13.2 Å². The fraction of sp³-hybridized carbons (Fsp3) is 0.185. The predicted octanol–water partition coefficient (Wildman–Crippen LogP) is 5.96. The molecular formula is C27H23F3N4O2S. The fourth-order valence-electron chi connectivity index (χ4n) is 3.49. The summed E-state index contributed by atoms with van der Waals surface area (Å²) in [5.74, 6) is -1.25. The summed E-state index contributed by atoms with van der Waals surface area (Å²) in [6, 6.07) is 21.2. The van der Waals surface area contributed by atoms with Crippen LogP contribution in [0.25, 0.3) is 11.3 Å². The zero-order chi connectivity index (χ0) is 26.6. The van der Waals surface area contributed by atoms with Crippen molar-refractivity contribution in [1.82, 2.24) is 15.3 Å². The Morgan fingerprint density at radius 2 is 1.57 bits per heavy atom. The number of nitrogens with one attached hydrogen (secondary N) is 2. The van der Waals surface area contributed by atoms with Crippen molar-refractivity contribution in [1.29, 1.82) is 0 Å². The lowest BCUT2D eigenvalue weighted by atomic mass is 10.0. The largest absolute Gasteiger partial charge is 0.433 e. The predicted molar refractivity (Wildman–Crippen MR) is 136 cm³/mol. The van der Waals surface area contributed by atoms with Gasteiger partial charge in [-0.05, 0) is 31.5 Å². The molecule has 2 amide bonds. The highest BCUT2D eigenvalue weighted by Crippen LogP contribution is 2.33. The summed E-state index contributed by atoms with van der Waals surface area (Å²) < 4.78 is 38.2. The number of alkyl halides is 3. The van der Waals surface area contributed by atoms with Gasteiger partial charge in [0.1, 0.15) is 11.2 Å². The molecule has 2 N–H and O–H groups in total. The maximum absolute atomic E-state index is 13.1. The number of halogens is 3. The third kappa shape index (κ3) is 6.39. The lowest BCUT2D eigenvalue weighted by Gasteiger charge is -2.24. The molecule has 10 heteroatoms. The van der Waals surface area contributed by atoms with Crippen molar-refractivity contribution < 1.29 is 22.8 Å². The van der Waals surface area contributed by atoms with E-state index in [9.17, 15) is 22.8 Å². The number of hydrogen-bond donors (Lipinski definition) is 2. The Labute approximate surface area is 215 Å². The van der Waals surface area contributed by atoms with Crippen molar-refractivity contribution in [3.63, 3.8) is 0 Å². The van der Waals surface area contributed by atoms with Gasteiger partial charge in [0.2, 0.25) is 0 Å². The van der Waals surface area contributed by atoms with Gasteiger partial charge in [-0.3, -0.25) is 19.9 Å². The first-order chi connectivity index (χ1) is 17.5. The van der Waals surface area contributed by atoms with Crippen LogP contribution < -0.4 is 10.6 Å². The molecule has 0 aliphatic carbocycles. The van der Waals surface area contributed by atoms with E-state index in [1.54, 1.807) is 0 Å². The van der Waals surface area contributed by atoms with Crippen LogP contribution in [0.3, 0.4) is 0 Å². The van der Waals surface area contributed by atoms with Gasteiger partial charge in [0.05, 0.1) is 11.3 Å². The van der Waals surface area contributed by atoms with Crippen LogP contribution in [0.4, 0.5) is 18.3 Å². The standard InChI is InChI=1S/C27H23F3N4O2S/c1-26(2,34-23(35)19-13-14-21(31-16-19)27(28,29)30)24(36)33-25-32-22(18-11-7-4-8-12-18)20(37-25)15-17-9-5-3-6-10-17/h3-14,16H,15H2,1-2H3,(H,34,35)(H,32,33,36). The van der Waals surface area contributed by atoms with Crippen LogP contribution in [0.2, 0.25) is 0 Å². The Balaban J connectivity index is 1.51. The SMILES string of the molecule is CC(C)(NC(=O)c1ccc(C(F)(F)F)nc1)C(=O)Nc1nc(-c2ccccc2)c(Cc2ccccc2)s1. The molecule has 37 heavy (non-hydrogen) atoms. The molecule has 0 atom stereocenters. The first-order valence-corrected chi connectivity index (χ1v) is 12.1. The summed E-state index contributed by atoms with van der Waals surface area (Å²) in [5, 5.41) is 5.69. The van der Waals surface area contributed by atoms with Gasteiger partial charge in [-0.25, -0.2) is 4.98 Å². The van der Waals surface area contributed by atoms with Crippen molar-refractivity contribution in [2.75, 3.05) is 5.32 Å². The lowest BCUT2D eigenvalue weighted by Crippen LogP contribution is -2.52. The minimum Gasteiger partial charge on any atom is -0.338 e. The number of rotatable bonds is 7. The number of hydrogen-bond acceptors (Lipinski definition) is 5. The molecule has 2 heterocycles. The summed E-state index contributed by atoms with van der Waals surface area (Å²) in [7, 11) is 0. The number of nitrogens with zero attached hydrogens (tertiary/aromatic N) is 2. The van der Waals surface area contributed by atoms with E-state index in [0.29, 0.717) is 11.6 Å². The van der Waals surface area contributed by atoms with Crippen molar-refractivity contribution >= 4 is 28.3 Å². The van der Waals surface area contributed by atoms with Crippen molar-refractivity contribution in [2.24, 2.45) is 0 Å². The number of aromatic nitrogens is 2. The van der Waals surface area contributed by atoms with Crippen LogP contribution >= 0.6 is 11.3 Å². The third-order valence-electron chi connectivity index (χ3n) is 5.48. The lowest BCUT2D eigenvalue weighted by molar-refractivity contribution is -0.141. The van der Waals surface area contributed by atoms with Crippen molar-refractivity contribution in [2.45, 2.75) is 32.0 Å². The van der Waals surface area contributed by atoms with Gasteiger partial charge in [0.15, 0.2) is 5.13 Å². The van der Waals surface area contributed by atoms with Gasteiger partial charge < -0.3 is 5.32 Å². The molecule has 4 rings (SSSR count). The average molecular weight is 525 g/mol. The topological polar surface area (TPSA) is 84.0 Å². The van der Waals surface area contributed by atoms with Crippen LogP contribution in [0.15, 0.2) is 79.0 Å². The van der Waals surface area contributed by atoms with Gasteiger partial charge >= 0.3 is 6.18 Å². The van der Waals surface area contributed by atoms with Gasteiger partial charge in [0, 0.05) is 23.1 Å². The molecule has 6 nitrogen and oxygen atoms in total. The number of benzene rings is 2. The molecule has 190 valence electrons. The highest BCUT2D eigenvalue weighted by atomic mass is 32.1. The van der Waals surface area contributed by atoms with Gasteiger partial charge in [-0.1, -0.05) is 60.7 Å². The Hall–Kier alpha value is -4.05. The minimum absolute atomic E-state index is 0.0976. The van der Waals surface area contributed by atoms with Crippen LogP contribution in [0.5, 0.6) is 0 Å². The summed E-state index contributed by atoms with van der Waals surface area (Å²) in [6.07, 6.45) is -3.16. The molecule has 0 bridgehead atoms. The highest BCUT2D eigenvalue weighted by Gasteiger charge is 2.34. The molecular weight excluding hydrogens is 501 g/mol. The molecule has 0 spiro atoms. The van der Waals surface area contributed by atoms with E-state index >= 15 is 0 Å². The van der Waals surface area contributed by atoms with Crippen LogP contribution in [-0.2, 0) is 17.4 Å². The van der Waals surface area contributed by atoms with E-state index in [1.165, 1.54) is 25.2 Å². The average Bonchev–Trinajstić information content (AvgIpc) is 3.26. The summed E-state index contributed by atoms with van der Waals surface area (Å²) in [4.78, 5) is 34.6. The molecule has 0 aliphatic rings. The number of carbonyl (C=O) groups excluding carboxylic acids is 2. The Morgan fingerprint density at radius 1 is 0.919 bits per heavy atom. The number of thiazole rings is 1. The van der Waals surface area contributed by atoms with E-state index in [2.05, 4.69) is 20.6 Å². The smallest absolute Gasteiger partial charge is 0.338 e. The molecule has 0 fully saturated rings. The molecule has 0 unspecified atom stereocenters. The molecule has 2 aromatic carbocycles. The second-order valence-electron chi connectivity index (χ2n) is 8.78. The quantitative estimate of drug-likeness (QED) is 0.312. The Morgan fingerprint density at radius 3 is 2.16 bits per heavy atom. The van der Waals surface area contributed by atoms with Crippen molar-refractivity contribution in [3.8, 4) is 11.3 Å². The number of amides is 2. The molecule has 0 saturated heterocycles. The van der Waals surface area contributed by atoms with Gasteiger partial charge in [0.25, 0.3) is 11.8 Å². The first-order valence-electron chi connectivity index (χ1n) is 11.3. The first kappa shape index (κ1) is 26.0. The molecule has 0 aliphatic heterocycles. The summed E-state index contributed by atoms with van der Waals surface area (Å²) in [5.41, 5.74) is 0.164. The Kier molecular flexibility index (Phi) is 7.40. The maximum Gasteiger partial charge on any atom is 0.433 e. The number of pyridine rings is 1. The molecule has 0 saturated carbocycles. The highest BCUT2D eigenvalue weighted by molar-refractivity contribution is 7.16. The van der Waals surface area contributed by atoms with E-state index in [4.69, 9.17) is 0 Å². The van der Waals surface area contributed by atoms with Crippen molar-refractivity contribution in [3.05, 3.63) is 101 Å². The van der Waals surface area contributed by atoms with Crippen LogP contribution in [-0.4, -0.2) is 27.3 Å². The van der Waals surface area contributed by atoms with E-state index in [-0.39, 0.29) is 5.56 Å². The molecule has 2 aromatic heterocycles.